The molecule has 1 aromatic carbocycles. The van der Waals surface area contributed by atoms with Crippen molar-refractivity contribution >= 4 is 17.2 Å². The van der Waals surface area contributed by atoms with Crippen molar-refractivity contribution in [2.75, 3.05) is 6.54 Å². The molecule has 0 aliphatic carbocycles. The SMILES string of the molecule is O=C(CCc1ccsc1)NCC(O)c1ccccc1F. The highest BCUT2D eigenvalue weighted by atomic mass is 32.1. The molecule has 0 spiro atoms. The normalized spacial score (nSPS) is 12.1. The van der Waals surface area contributed by atoms with Gasteiger partial charge in [0.05, 0.1) is 6.10 Å². The maximum absolute atomic E-state index is 13.4. The first-order valence-corrected chi connectivity index (χ1v) is 7.31. The van der Waals surface area contributed by atoms with Gasteiger partial charge in [0, 0.05) is 18.5 Å². The number of halogens is 1. The number of rotatable bonds is 6. The van der Waals surface area contributed by atoms with Crippen LogP contribution < -0.4 is 5.32 Å². The zero-order valence-corrected chi connectivity index (χ0v) is 11.7. The van der Waals surface area contributed by atoms with Crippen molar-refractivity contribution in [3.05, 3.63) is 58.0 Å². The Kier molecular flexibility index (Phi) is 5.26. The number of aliphatic hydroxyl groups excluding tert-OH is 1. The van der Waals surface area contributed by atoms with Gasteiger partial charge in [-0.3, -0.25) is 4.79 Å². The van der Waals surface area contributed by atoms with E-state index in [-0.39, 0.29) is 18.0 Å². The summed E-state index contributed by atoms with van der Waals surface area (Å²) in [5.74, 6) is -0.612. The molecule has 2 N–H and O–H groups in total. The van der Waals surface area contributed by atoms with E-state index in [0.29, 0.717) is 12.8 Å². The van der Waals surface area contributed by atoms with Crippen molar-refractivity contribution in [2.24, 2.45) is 0 Å². The number of amides is 1. The van der Waals surface area contributed by atoms with Gasteiger partial charge in [-0.1, -0.05) is 18.2 Å². The molecule has 20 heavy (non-hydrogen) atoms. The van der Waals surface area contributed by atoms with Gasteiger partial charge in [0.1, 0.15) is 5.82 Å². The van der Waals surface area contributed by atoms with E-state index in [4.69, 9.17) is 0 Å². The summed E-state index contributed by atoms with van der Waals surface area (Å²) in [4.78, 5) is 11.6. The van der Waals surface area contributed by atoms with E-state index in [2.05, 4.69) is 5.32 Å². The van der Waals surface area contributed by atoms with Crippen molar-refractivity contribution in [3.63, 3.8) is 0 Å². The van der Waals surface area contributed by atoms with Crippen molar-refractivity contribution in [2.45, 2.75) is 18.9 Å². The Labute approximate surface area is 121 Å². The van der Waals surface area contributed by atoms with Gasteiger partial charge in [-0.05, 0) is 34.9 Å². The van der Waals surface area contributed by atoms with Crippen LogP contribution in [0.4, 0.5) is 4.39 Å². The minimum Gasteiger partial charge on any atom is -0.386 e. The van der Waals surface area contributed by atoms with Gasteiger partial charge in [-0.15, -0.1) is 0 Å². The Morgan fingerprint density at radius 2 is 2.15 bits per heavy atom. The molecule has 1 amide bonds. The second kappa shape index (κ2) is 7.17. The molecule has 0 fully saturated rings. The lowest BCUT2D eigenvalue weighted by atomic mass is 10.1. The maximum atomic E-state index is 13.4. The average Bonchev–Trinajstić information content (AvgIpc) is 2.96. The first-order chi connectivity index (χ1) is 9.66. The summed E-state index contributed by atoms with van der Waals surface area (Å²) >= 11 is 1.60. The molecule has 1 aromatic heterocycles. The highest BCUT2D eigenvalue weighted by molar-refractivity contribution is 7.07. The van der Waals surface area contributed by atoms with E-state index in [1.54, 1.807) is 23.5 Å². The van der Waals surface area contributed by atoms with Gasteiger partial charge in [-0.25, -0.2) is 4.39 Å². The van der Waals surface area contributed by atoms with Crippen LogP contribution in [0.2, 0.25) is 0 Å². The number of hydrogen-bond acceptors (Lipinski definition) is 3. The molecule has 2 rings (SSSR count). The smallest absolute Gasteiger partial charge is 0.220 e. The quantitative estimate of drug-likeness (QED) is 0.860. The van der Waals surface area contributed by atoms with E-state index in [1.165, 1.54) is 12.1 Å². The van der Waals surface area contributed by atoms with Crippen LogP contribution in [0.15, 0.2) is 41.1 Å². The third-order valence-electron chi connectivity index (χ3n) is 2.98. The molecule has 1 atom stereocenters. The molecule has 106 valence electrons. The van der Waals surface area contributed by atoms with Gasteiger partial charge in [0.15, 0.2) is 0 Å². The van der Waals surface area contributed by atoms with Crippen molar-refractivity contribution in [1.82, 2.24) is 5.32 Å². The predicted octanol–water partition coefficient (Wildman–Crippen LogP) is 2.67. The average molecular weight is 293 g/mol. The lowest BCUT2D eigenvalue weighted by molar-refractivity contribution is -0.121. The van der Waals surface area contributed by atoms with Gasteiger partial charge >= 0.3 is 0 Å². The summed E-state index contributed by atoms with van der Waals surface area (Å²) in [6.45, 7) is 0.0173. The highest BCUT2D eigenvalue weighted by Crippen LogP contribution is 2.15. The largest absolute Gasteiger partial charge is 0.386 e. The van der Waals surface area contributed by atoms with Crippen LogP contribution in [0.1, 0.15) is 23.7 Å². The molecule has 2 aromatic rings. The summed E-state index contributed by atoms with van der Waals surface area (Å²) < 4.78 is 13.4. The number of carbonyl (C=O) groups is 1. The van der Waals surface area contributed by atoms with Gasteiger partial charge in [0.2, 0.25) is 5.91 Å². The number of aliphatic hydroxyl groups is 1. The van der Waals surface area contributed by atoms with E-state index in [9.17, 15) is 14.3 Å². The standard InChI is InChI=1S/C15H16FNO2S/c16-13-4-2-1-3-12(13)14(18)9-17-15(19)6-5-11-7-8-20-10-11/h1-4,7-8,10,14,18H,5-6,9H2,(H,17,19). The number of nitrogens with one attached hydrogen (secondary N) is 1. The summed E-state index contributed by atoms with van der Waals surface area (Å²) in [7, 11) is 0. The molecule has 5 heteroatoms. The fraction of sp³-hybridized carbons (Fsp3) is 0.267. The molecule has 0 saturated carbocycles. The first kappa shape index (κ1) is 14.7. The Balaban J connectivity index is 1.77. The molecular formula is C15H16FNO2S. The third-order valence-corrected chi connectivity index (χ3v) is 3.71. The molecule has 1 heterocycles. The summed E-state index contributed by atoms with van der Waals surface area (Å²) in [5, 5.41) is 16.4. The fourth-order valence-electron chi connectivity index (χ4n) is 1.85. The van der Waals surface area contributed by atoms with E-state index >= 15 is 0 Å². The van der Waals surface area contributed by atoms with E-state index < -0.39 is 11.9 Å². The van der Waals surface area contributed by atoms with E-state index in [0.717, 1.165) is 5.56 Å². The van der Waals surface area contributed by atoms with Crippen LogP contribution in [0.3, 0.4) is 0 Å². The molecule has 3 nitrogen and oxygen atoms in total. The Morgan fingerprint density at radius 3 is 2.85 bits per heavy atom. The number of benzene rings is 1. The molecule has 0 radical (unpaired) electrons. The van der Waals surface area contributed by atoms with Gasteiger partial charge < -0.3 is 10.4 Å². The van der Waals surface area contributed by atoms with Gasteiger partial charge in [0.25, 0.3) is 0 Å². The maximum Gasteiger partial charge on any atom is 0.220 e. The molecule has 0 bridgehead atoms. The number of thiophene rings is 1. The second-order valence-corrected chi connectivity index (χ2v) is 5.25. The van der Waals surface area contributed by atoms with Crippen LogP contribution in [0.25, 0.3) is 0 Å². The lowest BCUT2D eigenvalue weighted by Gasteiger charge is -2.12. The first-order valence-electron chi connectivity index (χ1n) is 6.37. The number of aryl methyl sites for hydroxylation is 1. The zero-order valence-electron chi connectivity index (χ0n) is 10.9. The number of hydrogen-bond donors (Lipinski definition) is 2. The predicted molar refractivity (Wildman–Crippen MR) is 77.0 cm³/mol. The minimum atomic E-state index is -1.03. The van der Waals surface area contributed by atoms with Crippen LogP contribution in [-0.4, -0.2) is 17.6 Å². The Morgan fingerprint density at radius 1 is 1.35 bits per heavy atom. The third kappa shape index (κ3) is 4.15. The van der Waals surface area contributed by atoms with Crippen LogP contribution >= 0.6 is 11.3 Å². The minimum absolute atomic E-state index is 0.0173. The Hall–Kier alpha value is -1.72. The second-order valence-electron chi connectivity index (χ2n) is 4.47. The number of carbonyl (C=O) groups excluding carboxylic acids is 1. The van der Waals surface area contributed by atoms with E-state index in [1.807, 2.05) is 16.8 Å². The van der Waals surface area contributed by atoms with Gasteiger partial charge in [-0.2, -0.15) is 11.3 Å². The molecule has 0 saturated heterocycles. The molecule has 1 unspecified atom stereocenters. The lowest BCUT2D eigenvalue weighted by Crippen LogP contribution is -2.28. The summed E-state index contributed by atoms with van der Waals surface area (Å²) in [6, 6.07) is 7.99. The molecule has 0 aliphatic heterocycles. The summed E-state index contributed by atoms with van der Waals surface area (Å²) in [6.07, 6.45) is 0.00701. The Bertz CT molecular complexity index is 557. The van der Waals surface area contributed by atoms with Crippen molar-refractivity contribution in [1.29, 1.82) is 0 Å². The topological polar surface area (TPSA) is 49.3 Å². The van der Waals surface area contributed by atoms with Crippen molar-refractivity contribution < 1.29 is 14.3 Å². The van der Waals surface area contributed by atoms with Crippen LogP contribution in [0.5, 0.6) is 0 Å². The highest BCUT2D eigenvalue weighted by Gasteiger charge is 2.13. The molecule has 0 aliphatic rings. The zero-order chi connectivity index (χ0) is 14.4. The van der Waals surface area contributed by atoms with Crippen LogP contribution in [-0.2, 0) is 11.2 Å². The fourth-order valence-corrected chi connectivity index (χ4v) is 2.55. The summed E-state index contributed by atoms with van der Waals surface area (Å²) in [5.41, 5.74) is 1.32. The monoisotopic (exact) mass is 293 g/mol. The molecular weight excluding hydrogens is 277 g/mol. The van der Waals surface area contributed by atoms with Crippen molar-refractivity contribution in [3.8, 4) is 0 Å². The van der Waals surface area contributed by atoms with Crippen LogP contribution in [0, 0.1) is 5.82 Å².